The van der Waals surface area contributed by atoms with Crippen LogP contribution in [-0.2, 0) is 28.5 Å². The molecule has 1 unspecified atom stereocenters. The summed E-state index contributed by atoms with van der Waals surface area (Å²) in [5.41, 5.74) is 1.89. The molecule has 5 rings (SSSR count). The van der Waals surface area contributed by atoms with Crippen molar-refractivity contribution in [3.63, 3.8) is 0 Å². The van der Waals surface area contributed by atoms with E-state index in [0.717, 1.165) is 16.0 Å². The van der Waals surface area contributed by atoms with E-state index in [0.29, 0.717) is 31.6 Å². The third-order valence-corrected chi connectivity index (χ3v) is 8.02. The molecule has 2 aliphatic rings. The van der Waals surface area contributed by atoms with Gasteiger partial charge in [0.05, 0.1) is 12.2 Å². The van der Waals surface area contributed by atoms with E-state index in [1.54, 1.807) is 31.2 Å². The maximum atomic E-state index is 13.3. The lowest BCUT2D eigenvalue weighted by molar-refractivity contribution is -0.323. The predicted octanol–water partition coefficient (Wildman–Crippen LogP) is 5.91. The first-order valence-electron chi connectivity index (χ1n) is 13.6. The summed E-state index contributed by atoms with van der Waals surface area (Å²) < 4.78 is 31.7. The molecule has 3 aromatic carbocycles. The molecule has 0 aliphatic carbocycles. The zero-order valence-electron chi connectivity index (χ0n) is 22.6. The highest BCUT2D eigenvalue weighted by molar-refractivity contribution is 7.99. The summed E-state index contributed by atoms with van der Waals surface area (Å²) in [6.07, 6.45) is -2.07. The van der Waals surface area contributed by atoms with E-state index in [1.807, 2.05) is 67.6 Å². The first-order valence-corrected chi connectivity index (χ1v) is 14.4. The molecule has 3 aromatic rings. The summed E-state index contributed by atoms with van der Waals surface area (Å²) in [4.78, 5) is 25.9. The molecular formula is C32H34O7S. The average molecular weight is 563 g/mol. The Morgan fingerprint density at radius 3 is 2.30 bits per heavy atom. The number of esters is 1. The van der Waals surface area contributed by atoms with Gasteiger partial charge in [0.1, 0.15) is 29.5 Å². The molecule has 2 aliphatic heterocycles. The van der Waals surface area contributed by atoms with E-state index < -0.39 is 42.1 Å². The molecule has 0 bridgehead atoms. The Labute approximate surface area is 239 Å². The van der Waals surface area contributed by atoms with Crippen molar-refractivity contribution in [1.82, 2.24) is 0 Å². The number of Topliss-reactive ketones (excluding diaryl/α,β-unsaturated/α-hetero) is 1. The highest BCUT2D eigenvalue weighted by Crippen LogP contribution is 2.41. The summed E-state index contributed by atoms with van der Waals surface area (Å²) in [6.45, 7) is 4.21. The van der Waals surface area contributed by atoms with Gasteiger partial charge in [-0.05, 0) is 44.5 Å². The standard InChI is InChI=1S/C32H34O7S/c1-21-15-17-25(18-16-21)40-32-29(38-30(34)23-11-5-3-6-12-23)28(35-19-9-10-22(2)33)27-26(37-32)20-36-31(39-27)24-13-7-4-8-14-24/h3-8,11-18,26-29,31-32H,9-10,19-20H2,1-2H3/t26-,27+,28+,29-,31?,32+/m1/s1. The van der Waals surface area contributed by atoms with Crippen LogP contribution >= 0.6 is 11.8 Å². The molecule has 7 nitrogen and oxygen atoms in total. The van der Waals surface area contributed by atoms with Crippen molar-refractivity contribution >= 4 is 23.5 Å². The van der Waals surface area contributed by atoms with Crippen molar-refractivity contribution in [3.8, 4) is 0 Å². The lowest BCUT2D eigenvalue weighted by Crippen LogP contribution is -2.62. The normalized spacial score (nSPS) is 26.1. The van der Waals surface area contributed by atoms with Crippen LogP contribution in [0.2, 0.25) is 0 Å². The second-order valence-corrected chi connectivity index (χ2v) is 11.2. The SMILES string of the molecule is CC(=O)CCCO[C@H]1[C@H]2OC(c3ccccc3)OC[C@H]2O[C@@H](Sc2ccc(C)cc2)[C@@H]1OC(=O)c1ccccc1. The van der Waals surface area contributed by atoms with Crippen LogP contribution in [0.25, 0.3) is 0 Å². The second-order valence-electron chi connectivity index (χ2n) is 10.0. The van der Waals surface area contributed by atoms with Gasteiger partial charge in [0.15, 0.2) is 12.4 Å². The lowest BCUT2D eigenvalue weighted by Gasteiger charge is -2.48. The topological polar surface area (TPSA) is 80.3 Å². The number of carbonyl (C=O) groups excluding carboxylic acids is 2. The van der Waals surface area contributed by atoms with Crippen LogP contribution in [0.1, 0.15) is 47.5 Å². The molecule has 0 amide bonds. The molecule has 2 heterocycles. The third kappa shape index (κ3) is 7.19. The highest BCUT2D eigenvalue weighted by atomic mass is 32.2. The van der Waals surface area contributed by atoms with Gasteiger partial charge in [-0.3, -0.25) is 0 Å². The van der Waals surface area contributed by atoms with E-state index >= 15 is 0 Å². The van der Waals surface area contributed by atoms with Crippen LogP contribution in [-0.4, -0.2) is 54.8 Å². The van der Waals surface area contributed by atoms with Crippen molar-refractivity contribution < 1.29 is 33.3 Å². The Balaban J connectivity index is 1.44. The van der Waals surface area contributed by atoms with Crippen molar-refractivity contribution in [3.05, 3.63) is 102 Å². The van der Waals surface area contributed by atoms with Crippen molar-refractivity contribution in [2.75, 3.05) is 13.2 Å². The number of thioether (sulfide) groups is 1. The number of ketones is 1. The molecule has 8 heteroatoms. The van der Waals surface area contributed by atoms with Crippen LogP contribution in [0.3, 0.4) is 0 Å². The fraction of sp³-hybridized carbons (Fsp3) is 0.375. The van der Waals surface area contributed by atoms with Gasteiger partial charge in [-0.25, -0.2) is 4.79 Å². The monoisotopic (exact) mass is 562 g/mol. The molecule has 2 saturated heterocycles. The number of hydrogen-bond donors (Lipinski definition) is 0. The van der Waals surface area contributed by atoms with Crippen molar-refractivity contribution in [1.29, 1.82) is 0 Å². The Kier molecular flexibility index (Phi) is 9.67. The average Bonchev–Trinajstić information content (AvgIpc) is 2.98. The molecule has 0 spiro atoms. The number of aryl methyl sites for hydroxylation is 1. The minimum absolute atomic E-state index is 0.0970. The molecule has 40 heavy (non-hydrogen) atoms. The molecule has 210 valence electrons. The van der Waals surface area contributed by atoms with Crippen molar-refractivity contribution in [2.24, 2.45) is 0 Å². The van der Waals surface area contributed by atoms with Gasteiger partial charge in [0.2, 0.25) is 0 Å². The minimum atomic E-state index is -0.785. The van der Waals surface area contributed by atoms with Gasteiger partial charge in [-0.15, -0.1) is 0 Å². The molecule has 0 N–H and O–H groups in total. The largest absolute Gasteiger partial charge is 0.452 e. The van der Waals surface area contributed by atoms with E-state index in [1.165, 1.54) is 11.8 Å². The van der Waals surface area contributed by atoms with Crippen LogP contribution < -0.4 is 0 Å². The van der Waals surface area contributed by atoms with Crippen LogP contribution in [0.15, 0.2) is 89.8 Å². The highest BCUT2D eigenvalue weighted by Gasteiger charge is 2.52. The number of ether oxygens (including phenoxy) is 5. The maximum Gasteiger partial charge on any atom is 0.338 e. The molecule has 2 fully saturated rings. The second kappa shape index (κ2) is 13.6. The first-order chi connectivity index (χ1) is 19.5. The summed E-state index contributed by atoms with van der Waals surface area (Å²) in [5, 5.41) is 0. The van der Waals surface area contributed by atoms with Crippen LogP contribution in [0.4, 0.5) is 0 Å². The molecule has 0 radical (unpaired) electrons. The van der Waals surface area contributed by atoms with Crippen LogP contribution in [0, 0.1) is 6.92 Å². The number of carbonyl (C=O) groups is 2. The fourth-order valence-electron chi connectivity index (χ4n) is 4.79. The molecule has 6 atom stereocenters. The van der Waals surface area contributed by atoms with E-state index in [2.05, 4.69) is 0 Å². The van der Waals surface area contributed by atoms with Gasteiger partial charge >= 0.3 is 5.97 Å². The summed E-state index contributed by atoms with van der Waals surface area (Å²) in [7, 11) is 0. The van der Waals surface area contributed by atoms with E-state index in [4.69, 9.17) is 23.7 Å². The minimum Gasteiger partial charge on any atom is -0.452 e. The van der Waals surface area contributed by atoms with Gasteiger partial charge in [0.25, 0.3) is 0 Å². The summed E-state index contributed by atoms with van der Waals surface area (Å²) in [6, 6.07) is 26.7. The Hall–Kier alpha value is -3.01. The summed E-state index contributed by atoms with van der Waals surface area (Å²) >= 11 is 1.47. The third-order valence-electron chi connectivity index (χ3n) is 6.86. The van der Waals surface area contributed by atoms with Crippen LogP contribution in [0.5, 0.6) is 0 Å². The fourth-order valence-corrected chi connectivity index (χ4v) is 5.90. The zero-order chi connectivity index (χ0) is 27.9. The Morgan fingerprint density at radius 1 is 0.900 bits per heavy atom. The molecule has 0 saturated carbocycles. The first kappa shape index (κ1) is 28.5. The zero-order valence-corrected chi connectivity index (χ0v) is 23.5. The van der Waals surface area contributed by atoms with Gasteiger partial charge in [-0.1, -0.05) is 78.0 Å². The Bertz CT molecular complexity index is 1250. The Morgan fingerprint density at radius 2 is 1.60 bits per heavy atom. The quantitative estimate of drug-likeness (QED) is 0.223. The van der Waals surface area contributed by atoms with Crippen molar-refractivity contribution in [2.45, 2.75) is 67.7 Å². The maximum absolute atomic E-state index is 13.3. The lowest BCUT2D eigenvalue weighted by atomic mass is 9.98. The number of benzene rings is 3. The smallest absolute Gasteiger partial charge is 0.338 e. The molecule has 0 aromatic heterocycles. The summed E-state index contributed by atoms with van der Waals surface area (Å²) in [5.74, 6) is -0.370. The van der Waals surface area contributed by atoms with Gasteiger partial charge in [-0.2, -0.15) is 0 Å². The number of hydrogen-bond acceptors (Lipinski definition) is 8. The van der Waals surface area contributed by atoms with E-state index in [9.17, 15) is 9.59 Å². The molecular weight excluding hydrogens is 528 g/mol. The van der Waals surface area contributed by atoms with Gasteiger partial charge in [0, 0.05) is 23.5 Å². The van der Waals surface area contributed by atoms with Gasteiger partial charge < -0.3 is 28.5 Å². The number of rotatable bonds is 10. The number of fused-ring (bicyclic) bond motifs is 1. The van der Waals surface area contributed by atoms with E-state index in [-0.39, 0.29) is 5.78 Å². The predicted molar refractivity (Wildman–Crippen MR) is 151 cm³/mol.